The van der Waals surface area contributed by atoms with E-state index in [0.717, 1.165) is 32.2 Å². The van der Waals surface area contributed by atoms with Crippen molar-refractivity contribution in [2.45, 2.75) is 58.9 Å². The number of ether oxygens (including phenoxy) is 1. The van der Waals surface area contributed by atoms with Crippen molar-refractivity contribution < 1.29 is 4.74 Å². The number of hydrogen-bond acceptors (Lipinski definition) is 3. The Labute approximate surface area is 125 Å². The van der Waals surface area contributed by atoms with Crippen molar-refractivity contribution in [1.29, 1.82) is 0 Å². The minimum atomic E-state index is 0.553. The highest BCUT2D eigenvalue weighted by Gasteiger charge is 2.34. The third-order valence-corrected chi connectivity index (χ3v) is 5.08. The summed E-state index contributed by atoms with van der Waals surface area (Å²) in [6, 6.07) is 0.553. The molecule has 1 aliphatic heterocycles. The van der Waals surface area contributed by atoms with Crippen molar-refractivity contribution in [3.05, 3.63) is 0 Å². The van der Waals surface area contributed by atoms with Crippen molar-refractivity contribution in [1.82, 2.24) is 10.6 Å². The molecule has 0 aromatic heterocycles. The topological polar surface area (TPSA) is 33.3 Å². The molecule has 20 heavy (non-hydrogen) atoms. The zero-order valence-electron chi connectivity index (χ0n) is 13.7. The SMILES string of the molecule is CCNC1COCC1CNCC1(CC(C)C)CCCC1. The smallest absolute Gasteiger partial charge is 0.0623 e. The fraction of sp³-hybridized carbons (Fsp3) is 1.00. The maximum Gasteiger partial charge on any atom is 0.0623 e. The minimum absolute atomic E-state index is 0.553. The van der Waals surface area contributed by atoms with Crippen molar-refractivity contribution >= 4 is 0 Å². The van der Waals surface area contributed by atoms with Crippen LogP contribution in [0.15, 0.2) is 0 Å². The molecule has 3 nitrogen and oxygen atoms in total. The van der Waals surface area contributed by atoms with Crippen molar-refractivity contribution in [3.63, 3.8) is 0 Å². The Hall–Kier alpha value is -0.120. The first kappa shape index (κ1) is 16.3. The lowest BCUT2D eigenvalue weighted by molar-refractivity contribution is 0.179. The fourth-order valence-corrected chi connectivity index (χ4v) is 4.25. The summed E-state index contributed by atoms with van der Waals surface area (Å²) in [5.74, 6) is 1.46. The quantitative estimate of drug-likeness (QED) is 0.718. The Morgan fingerprint density at radius 3 is 2.60 bits per heavy atom. The molecule has 2 atom stereocenters. The fourth-order valence-electron chi connectivity index (χ4n) is 4.25. The second-order valence-electron chi connectivity index (χ2n) is 7.40. The first-order valence-corrected chi connectivity index (χ1v) is 8.67. The predicted molar refractivity (Wildman–Crippen MR) is 85.0 cm³/mol. The van der Waals surface area contributed by atoms with Crippen LogP contribution in [0.25, 0.3) is 0 Å². The highest BCUT2D eigenvalue weighted by Crippen LogP contribution is 2.42. The molecule has 1 saturated carbocycles. The molecule has 1 saturated heterocycles. The molecule has 0 amide bonds. The van der Waals surface area contributed by atoms with Crippen LogP contribution in [-0.2, 0) is 4.74 Å². The Balaban J connectivity index is 1.75. The Morgan fingerprint density at radius 2 is 1.95 bits per heavy atom. The minimum Gasteiger partial charge on any atom is -0.379 e. The van der Waals surface area contributed by atoms with Gasteiger partial charge in [-0.1, -0.05) is 33.6 Å². The van der Waals surface area contributed by atoms with Gasteiger partial charge in [-0.25, -0.2) is 0 Å². The van der Waals surface area contributed by atoms with Gasteiger partial charge < -0.3 is 15.4 Å². The lowest BCUT2D eigenvalue weighted by Crippen LogP contribution is -2.42. The van der Waals surface area contributed by atoms with Crippen LogP contribution in [0.5, 0.6) is 0 Å². The molecule has 0 bridgehead atoms. The van der Waals surface area contributed by atoms with Crippen LogP contribution in [0.4, 0.5) is 0 Å². The summed E-state index contributed by atoms with van der Waals surface area (Å²) < 4.78 is 5.63. The van der Waals surface area contributed by atoms with Crippen LogP contribution in [0.1, 0.15) is 52.9 Å². The van der Waals surface area contributed by atoms with E-state index in [-0.39, 0.29) is 0 Å². The molecule has 2 N–H and O–H groups in total. The molecule has 0 aromatic rings. The number of rotatable bonds is 8. The number of nitrogens with one attached hydrogen (secondary N) is 2. The molecule has 0 radical (unpaired) electrons. The number of likely N-dealkylation sites (N-methyl/N-ethyl adjacent to an activating group) is 1. The first-order valence-electron chi connectivity index (χ1n) is 8.67. The Bertz CT molecular complexity index is 274. The molecular weight excluding hydrogens is 248 g/mol. The number of hydrogen-bond donors (Lipinski definition) is 2. The molecular formula is C17H34N2O. The molecule has 3 heteroatoms. The van der Waals surface area contributed by atoms with Gasteiger partial charge in [0.15, 0.2) is 0 Å². The zero-order chi connectivity index (χ0) is 14.4. The van der Waals surface area contributed by atoms with E-state index in [9.17, 15) is 0 Å². The lowest BCUT2D eigenvalue weighted by Gasteiger charge is -2.32. The highest BCUT2D eigenvalue weighted by atomic mass is 16.5. The van der Waals surface area contributed by atoms with Gasteiger partial charge in [-0.2, -0.15) is 0 Å². The molecule has 0 spiro atoms. The maximum absolute atomic E-state index is 5.63. The van der Waals surface area contributed by atoms with E-state index in [1.807, 2.05) is 0 Å². The second kappa shape index (κ2) is 7.77. The first-order chi connectivity index (χ1) is 9.65. The average molecular weight is 282 g/mol. The molecule has 2 rings (SSSR count). The van der Waals surface area contributed by atoms with E-state index in [1.54, 1.807) is 0 Å². The second-order valence-corrected chi connectivity index (χ2v) is 7.40. The zero-order valence-corrected chi connectivity index (χ0v) is 13.7. The monoisotopic (exact) mass is 282 g/mol. The van der Waals surface area contributed by atoms with Crippen LogP contribution in [0.3, 0.4) is 0 Å². The summed E-state index contributed by atoms with van der Waals surface area (Å²) in [4.78, 5) is 0. The predicted octanol–water partition coefficient (Wildman–Crippen LogP) is 2.81. The van der Waals surface area contributed by atoms with Crippen LogP contribution in [0.2, 0.25) is 0 Å². The van der Waals surface area contributed by atoms with Gasteiger partial charge in [0.05, 0.1) is 13.2 Å². The van der Waals surface area contributed by atoms with Gasteiger partial charge in [-0.05, 0) is 37.1 Å². The third-order valence-electron chi connectivity index (χ3n) is 5.08. The summed E-state index contributed by atoms with van der Waals surface area (Å²) >= 11 is 0. The normalized spacial score (nSPS) is 29.4. The Kier molecular flexibility index (Phi) is 6.31. The maximum atomic E-state index is 5.63. The molecule has 2 fully saturated rings. The van der Waals surface area contributed by atoms with Crippen molar-refractivity contribution in [3.8, 4) is 0 Å². The van der Waals surface area contributed by atoms with E-state index in [1.165, 1.54) is 38.6 Å². The standard InChI is InChI=1S/C17H34N2O/c1-4-19-16-12-20-11-15(16)10-18-13-17(9-14(2)3)7-5-6-8-17/h14-16,18-19H,4-13H2,1-3H3. The summed E-state index contributed by atoms with van der Waals surface area (Å²) in [5.41, 5.74) is 0.585. The van der Waals surface area contributed by atoms with Crippen molar-refractivity contribution in [2.75, 3.05) is 32.8 Å². The van der Waals surface area contributed by atoms with Gasteiger partial charge >= 0.3 is 0 Å². The van der Waals surface area contributed by atoms with E-state index < -0.39 is 0 Å². The Morgan fingerprint density at radius 1 is 1.20 bits per heavy atom. The van der Waals surface area contributed by atoms with Gasteiger partial charge in [0, 0.05) is 25.0 Å². The van der Waals surface area contributed by atoms with Gasteiger partial charge in [0.25, 0.3) is 0 Å². The summed E-state index contributed by atoms with van der Waals surface area (Å²) in [6.07, 6.45) is 7.10. The van der Waals surface area contributed by atoms with E-state index in [2.05, 4.69) is 31.4 Å². The van der Waals surface area contributed by atoms with Gasteiger partial charge in [0.2, 0.25) is 0 Å². The third kappa shape index (κ3) is 4.44. The lowest BCUT2D eigenvalue weighted by atomic mass is 9.78. The van der Waals surface area contributed by atoms with Crippen LogP contribution >= 0.6 is 0 Å². The molecule has 1 aliphatic carbocycles. The summed E-state index contributed by atoms with van der Waals surface area (Å²) in [5, 5.41) is 7.33. The van der Waals surface area contributed by atoms with Gasteiger partial charge in [-0.3, -0.25) is 0 Å². The van der Waals surface area contributed by atoms with Crippen LogP contribution in [-0.4, -0.2) is 38.9 Å². The van der Waals surface area contributed by atoms with E-state index in [4.69, 9.17) is 4.74 Å². The highest BCUT2D eigenvalue weighted by molar-refractivity contribution is 4.89. The van der Waals surface area contributed by atoms with Crippen LogP contribution in [0, 0.1) is 17.3 Å². The summed E-state index contributed by atoms with van der Waals surface area (Å²) in [6.45, 7) is 12.1. The molecule has 118 valence electrons. The summed E-state index contributed by atoms with van der Waals surface area (Å²) in [7, 11) is 0. The van der Waals surface area contributed by atoms with E-state index in [0.29, 0.717) is 17.4 Å². The molecule has 2 aliphatic rings. The average Bonchev–Trinajstić information content (AvgIpc) is 3.00. The molecule has 0 aromatic carbocycles. The molecule has 2 unspecified atom stereocenters. The van der Waals surface area contributed by atoms with E-state index >= 15 is 0 Å². The largest absolute Gasteiger partial charge is 0.379 e. The van der Waals surface area contributed by atoms with Crippen molar-refractivity contribution in [2.24, 2.45) is 17.3 Å². The van der Waals surface area contributed by atoms with Gasteiger partial charge in [0.1, 0.15) is 0 Å². The molecule has 1 heterocycles. The van der Waals surface area contributed by atoms with Crippen LogP contribution < -0.4 is 10.6 Å². The van der Waals surface area contributed by atoms with Gasteiger partial charge in [-0.15, -0.1) is 0 Å².